The summed E-state index contributed by atoms with van der Waals surface area (Å²) in [6, 6.07) is 7.57. The lowest BCUT2D eigenvalue weighted by molar-refractivity contribution is -0.132. The second kappa shape index (κ2) is 10.1. The van der Waals surface area contributed by atoms with Crippen LogP contribution < -0.4 is 5.73 Å². The number of hydrogen-bond donors (Lipinski definition) is 1. The summed E-state index contributed by atoms with van der Waals surface area (Å²) < 4.78 is 5.43. The third-order valence-corrected chi connectivity index (χ3v) is 4.60. The molecule has 1 unspecified atom stereocenters. The standard InChI is InChI=1S/C17H25N3O2.2ClH/c18-16-3-1-14(2-4-16)11-17(21)20-8-6-19(7-9-20)12-15-5-10-22-13-15;;/h1-4,15H,5-13,18H2;2*1H. The summed E-state index contributed by atoms with van der Waals surface area (Å²) in [5.41, 5.74) is 7.44. The van der Waals surface area contributed by atoms with Gasteiger partial charge in [-0.1, -0.05) is 12.1 Å². The second-order valence-corrected chi connectivity index (χ2v) is 6.33. The van der Waals surface area contributed by atoms with Crippen LogP contribution in [0.5, 0.6) is 0 Å². The number of ether oxygens (including phenoxy) is 1. The van der Waals surface area contributed by atoms with Gasteiger partial charge in [-0.3, -0.25) is 9.69 Å². The Hall–Kier alpha value is -1.01. The van der Waals surface area contributed by atoms with E-state index in [0.717, 1.165) is 57.2 Å². The molecule has 5 nitrogen and oxygen atoms in total. The van der Waals surface area contributed by atoms with E-state index in [1.807, 2.05) is 29.2 Å². The molecule has 2 aliphatic heterocycles. The molecule has 1 aromatic carbocycles. The van der Waals surface area contributed by atoms with Crippen LogP contribution >= 0.6 is 24.8 Å². The quantitative estimate of drug-likeness (QED) is 0.815. The van der Waals surface area contributed by atoms with Crippen LogP contribution in [0, 0.1) is 5.92 Å². The third kappa shape index (κ3) is 5.81. The van der Waals surface area contributed by atoms with Crippen LogP contribution in [0.15, 0.2) is 24.3 Å². The van der Waals surface area contributed by atoms with Gasteiger partial charge in [0.05, 0.1) is 13.0 Å². The average Bonchev–Trinajstić information content (AvgIpc) is 3.03. The lowest BCUT2D eigenvalue weighted by Gasteiger charge is -2.35. The predicted molar refractivity (Wildman–Crippen MR) is 101 cm³/mol. The van der Waals surface area contributed by atoms with Gasteiger partial charge in [-0.05, 0) is 30.0 Å². The fourth-order valence-corrected chi connectivity index (χ4v) is 3.19. The molecule has 0 aromatic heterocycles. The Labute approximate surface area is 156 Å². The number of halogens is 2. The monoisotopic (exact) mass is 375 g/mol. The number of nitrogen functional groups attached to an aromatic ring is 1. The molecule has 136 valence electrons. The van der Waals surface area contributed by atoms with E-state index in [1.54, 1.807) is 0 Å². The van der Waals surface area contributed by atoms with Gasteiger partial charge in [0.1, 0.15) is 0 Å². The summed E-state index contributed by atoms with van der Waals surface area (Å²) in [6.45, 7) is 6.54. The minimum absolute atomic E-state index is 0. The zero-order valence-corrected chi connectivity index (χ0v) is 15.5. The van der Waals surface area contributed by atoms with Crippen molar-refractivity contribution in [3.8, 4) is 0 Å². The van der Waals surface area contributed by atoms with E-state index < -0.39 is 0 Å². The van der Waals surface area contributed by atoms with Gasteiger partial charge in [0.2, 0.25) is 5.91 Å². The minimum Gasteiger partial charge on any atom is -0.399 e. The van der Waals surface area contributed by atoms with Gasteiger partial charge in [-0.2, -0.15) is 0 Å². The summed E-state index contributed by atoms with van der Waals surface area (Å²) in [6.07, 6.45) is 1.65. The largest absolute Gasteiger partial charge is 0.399 e. The van der Waals surface area contributed by atoms with Crippen molar-refractivity contribution in [3.05, 3.63) is 29.8 Å². The maximum atomic E-state index is 12.4. The van der Waals surface area contributed by atoms with E-state index in [2.05, 4.69) is 4.90 Å². The van der Waals surface area contributed by atoms with Gasteiger partial charge in [0, 0.05) is 45.0 Å². The number of carbonyl (C=O) groups excluding carboxylic acids is 1. The van der Waals surface area contributed by atoms with Crippen molar-refractivity contribution in [2.75, 3.05) is 51.7 Å². The first-order chi connectivity index (χ1) is 10.7. The number of rotatable bonds is 4. The number of carbonyl (C=O) groups is 1. The zero-order valence-electron chi connectivity index (χ0n) is 13.9. The van der Waals surface area contributed by atoms with Crippen molar-refractivity contribution < 1.29 is 9.53 Å². The highest BCUT2D eigenvalue weighted by molar-refractivity contribution is 5.85. The molecular weight excluding hydrogens is 349 g/mol. The molecule has 1 amide bonds. The summed E-state index contributed by atoms with van der Waals surface area (Å²) in [5.74, 6) is 0.894. The maximum Gasteiger partial charge on any atom is 0.227 e. The van der Waals surface area contributed by atoms with Crippen molar-refractivity contribution in [1.29, 1.82) is 0 Å². The number of hydrogen-bond acceptors (Lipinski definition) is 4. The molecule has 0 saturated carbocycles. The number of benzene rings is 1. The van der Waals surface area contributed by atoms with Crippen molar-refractivity contribution in [1.82, 2.24) is 9.80 Å². The topological polar surface area (TPSA) is 58.8 Å². The SMILES string of the molecule is Cl.Cl.Nc1ccc(CC(=O)N2CCN(CC3CCOC3)CC2)cc1. The van der Waals surface area contributed by atoms with Crippen molar-refractivity contribution in [2.45, 2.75) is 12.8 Å². The van der Waals surface area contributed by atoms with Gasteiger partial charge < -0.3 is 15.4 Å². The van der Waals surface area contributed by atoms with Crippen LogP contribution in [0.25, 0.3) is 0 Å². The Bertz CT molecular complexity index is 499. The maximum absolute atomic E-state index is 12.4. The van der Waals surface area contributed by atoms with E-state index in [-0.39, 0.29) is 30.7 Å². The lowest BCUT2D eigenvalue weighted by Crippen LogP contribution is -2.50. The first kappa shape index (κ1) is 21.0. The molecule has 2 heterocycles. The van der Waals surface area contributed by atoms with Gasteiger partial charge in [-0.25, -0.2) is 0 Å². The molecule has 2 N–H and O–H groups in total. The van der Waals surface area contributed by atoms with Gasteiger partial charge >= 0.3 is 0 Å². The van der Waals surface area contributed by atoms with Crippen LogP contribution in [0.1, 0.15) is 12.0 Å². The Balaban J connectivity index is 0.00000144. The number of anilines is 1. The highest BCUT2D eigenvalue weighted by Crippen LogP contribution is 2.15. The van der Waals surface area contributed by atoms with Crippen molar-refractivity contribution in [3.63, 3.8) is 0 Å². The predicted octanol–water partition coefficient (Wildman–Crippen LogP) is 1.84. The van der Waals surface area contributed by atoms with E-state index in [4.69, 9.17) is 10.5 Å². The summed E-state index contributed by atoms with van der Waals surface area (Å²) >= 11 is 0. The highest BCUT2D eigenvalue weighted by atomic mass is 35.5. The highest BCUT2D eigenvalue weighted by Gasteiger charge is 2.24. The molecule has 1 aromatic rings. The first-order valence-electron chi connectivity index (χ1n) is 8.13. The van der Waals surface area contributed by atoms with Crippen LogP contribution in [0.3, 0.4) is 0 Å². The van der Waals surface area contributed by atoms with E-state index in [9.17, 15) is 4.79 Å². The molecule has 2 aliphatic rings. The number of nitrogens with two attached hydrogens (primary N) is 1. The Morgan fingerprint density at radius 3 is 2.38 bits per heavy atom. The van der Waals surface area contributed by atoms with Crippen molar-refractivity contribution in [2.24, 2.45) is 5.92 Å². The van der Waals surface area contributed by atoms with Gasteiger partial charge in [0.25, 0.3) is 0 Å². The number of amides is 1. The Kier molecular flexibility index (Phi) is 8.84. The van der Waals surface area contributed by atoms with E-state index in [0.29, 0.717) is 12.3 Å². The van der Waals surface area contributed by atoms with Gasteiger partial charge in [0.15, 0.2) is 0 Å². The fraction of sp³-hybridized carbons (Fsp3) is 0.588. The molecule has 0 aliphatic carbocycles. The molecule has 3 rings (SSSR count). The number of piperazine rings is 1. The smallest absolute Gasteiger partial charge is 0.227 e. The van der Waals surface area contributed by atoms with Crippen LogP contribution in [-0.4, -0.2) is 61.6 Å². The summed E-state index contributed by atoms with van der Waals surface area (Å²) in [5, 5.41) is 0. The first-order valence-corrected chi connectivity index (χ1v) is 8.13. The number of nitrogens with zero attached hydrogens (tertiary/aromatic N) is 2. The lowest BCUT2D eigenvalue weighted by atomic mass is 10.1. The summed E-state index contributed by atoms with van der Waals surface area (Å²) in [7, 11) is 0. The molecule has 2 saturated heterocycles. The average molecular weight is 376 g/mol. The summed E-state index contributed by atoms with van der Waals surface area (Å²) in [4.78, 5) is 16.8. The van der Waals surface area contributed by atoms with Crippen LogP contribution in [0.4, 0.5) is 5.69 Å². The zero-order chi connectivity index (χ0) is 15.4. The third-order valence-electron chi connectivity index (χ3n) is 4.60. The Morgan fingerprint density at radius 1 is 1.12 bits per heavy atom. The van der Waals surface area contributed by atoms with Crippen LogP contribution in [-0.2, 0) is 16.0 Å². The molecule has 2 fully saturated rings. The molecule has 0 radical (unpaired) electrons. The van der Waals surface area contributed by atoms with E-state index in [1.165, 1.54) is 6.42 Å². The van der Waals surface area contributed by atoms with Crippen LogP contribution in [0.2, 0.25) is 0 Å². The fourth-order valence-electron chi connectivity index (χ4n) is 3.19. The molecule has 0 bridgehead atoms. The molecule has 24 heavy (non-hydrogen) atoms. The second-order valence-electron chi connectivity index (χ2n) is 6.33. The van der Waals surface area contributed by atoms with Crippen molar-refractivity contribution >= 4 is 36.4 Å². The Morgan fingerprint density at radius 2 is 1.79 bits per heavy atom. The van der Waals surface area contributed by atoms with E-state index >= 15 is 0 Å². The normalized spacial score (nSPS) is 21.0. The minimum atomic E-state index is 0. The molecule has 0 spiro atoms. The van der Waals surface area contributed by atoms with Gasteiger partial charge in [-0.15, -0.1) is 24.8 Å². The molecule has 7 heteroatoms. The molecular formula is C17H27Cl2N3O2. The molecule has 1 atom stereocenters.